The smallest absolute Gasteiger partial charge is 0.401 e. The molecule has 2 bridgehead atoms. The molecule has 0 spiro atoms. The van der Waals surface area contributed by atoms with E-state index in [0.29, 0.717) is 0 Å². The first-order valence-electron chi connectivity index (χ1n) is 11.1. The van der Waals surface area contributed by atoms with Gasteiger partial charge in [0, 0.05) is 0 Å². The average molecular weight is 375 g/mol. The molecule has 0 atom stereocenters. The minimum atomic E-state index is -1.28. The molecule has 1 nitrogen and oxygen atoms in total. The summed E-state index contributed by atoms with van der Waals surface area (Å²) in [7, 11) is -1.27. The van der Waals surface area contributed by atoms with Crippen molar-refractivity contribution in [2.45, 2.75) is 116 Å². The van der Waals surface area contributed by atoms with Crippen molar-refractivity contribution in [2.24, 2.45) is 0 Å². The van der Waals surface area contributed by atoms with Crippen molar-refractivity contribution in [3.05, 3.63) is 10.9 Å². The quantitative estimate of drug-likeness (QED) is 0.457. The first kappa shape index (κ1) is 21.6. The van der Waals surface area contributed by atoms with E-state index >= 15 is 0 Å². The van der Waals surface area contributed by atoms with E-state index in [4.69, 9.17) is 0 Å². The molecular formula is C20H43B2NSi2+. The van der Waals surface area contributed by atoms with E-state index < -0.39 is 16.5 Å². The monoisotopic (exact) mass is 375 g/mol. The Morgan fingerprint density at radius 3 is 1.60 bits per heavy atom. The Hall–Kier alpha value is 0.264. The molecule has 0 N–H and O–H groups in total. The molecule has 0 aromatic carbocycles. The van der Waals surface area contributed by atoms with Crippen LogP contribution >= 0.6 is 0 Å². The molecule has 141 valence electrons. The lowest BCUT2D eigenvalue weighted by Crippen LogP contribution is -2.66. The summed E-state index contributed by atoms with van der Waals surface area (Å²) in [5.41, 5.74) is 3.73. The Morgan fingerprint density at radius 1 is 0.840 bits per heavy atom. The van der Waals surface area contributed by atoms with E-state index in [1.54, 1.807) is 0 Å². The van der Waals surface area contributed by atoms with E-state index in [9.17, 15) is 0 Å². The summed E-state index contributed by atoms with van der Waals surface area (Å²) in [6.45, 7) is 21.1. The summed E-state index contributed by atoms with van der Waals surface area (Å²) in [4.78, 5) is 0. The lowest BCUT2D eigenvalue weighted by atomic mass is 9.23. The second kappa shape index (κ2) is 8.52. The molecule has 2 saturated heterocycles. The topological polar surface area (TPSA) is 5.90 Å². The maximum absolute atomic E-state index is 3.01. The van der Waals surface area contributed by atoms with Gasteiger partial charge in [0.1, 0.15) is 0 Å². The molecule has 0 aromatic heterocycles. The molecule has 0 saturated carbocycles. The van der Waals surface area contributed by atoms with Gasteiger partial charge in [-0.1, -0.05) is 64.0 Å². The van der Waals surface area contributed by atoms with Crippen LogP contribution in [-0.4, -0.2) is 30.6 Å². The fourth-order valence-corrected chi connectivity index (χ4v) is 15.5. The molecule has 0 aliphatic carbocycles. The maximum atomic E-state index is 3.01. The summed E-state index contributed by atoms with van der Waals surface area (Å²) >= 11 is 0. The average Bonchev–Trinajstić information content (AvgIpc) is 2.48. The van der Waals surface area contributed by atoms with Gasteiger partial charge in [0.05, 0.1) is 0 Å². The number of rotatable bonds is 7. The molecular weight excluding hydrogens is 332 g/mol. The maximum Gasteiger partial charge on any atom is 0.426 e. The third-order valence-electron chi connectivity index (χ3n) is 6.95. The summed E-state index contributed by atoms with van der Waals surface area (Å²) in [5.74, 6) is 2.02. The number of fused-ring (bicyclic) bond motifs is 2. The third-order valence-corrected chi connectivity index (χ3v) is 14.5. The summed E-state index contributed by atoms with van der Waals surface area (Å²) in [6.07, 6.45) is 11.6. The number of nitrogens with zero attached hydrogens (tertiary/aromatic N) is 1. The Kier molecular flexibility index (Phi) is 7.35. The second-order valence-electron chi connectivity index (χ2n) is 10.7. The van der Waals surface area contributed by atoms with Gasteiger partial charge in [0.15, 0.2) is 6.71 Å². The molecule has 2 aliphatic heterocycles. The van der Waals surface area contributed by atoms with Crippen LogP contribution in [0.1, 0.15) is 65.2 Å². The van der Waals surface area contributed by atoms with Crippen LogP contribution in [0.2, 0.25) is 50.9 Å². The van der Waals surface area contributed by atoms with E-state index in [2.05, 4.69) is 57.3 Å². The molecule has 0 unspecified atom stereocenters. The van der Waals surface area contributed by atoms with Crippen LogP contribution in [0.5, 0.6) is 0 Å². The molecule has 25 heavy (non-hydrogen) atoms. The third kappa shape index (κ3) is 5.16. The van der Waals surface area contributed by atoms with Crippen molar-refractivity contribution in [3.8, 4) is 0 Å². The van der Waals surface area contributed by atoms with Gasteiger partial charge >= 0.3 is 7.41 Å². The van der Waals surface area contributed by atoms with Crippen LogP contribution in [-0.2, 0) is 0 Å². The number of hydrogen-bond acceptors (Lipinski definition) is 1. The SMILES string of the molecule is CC/C(B[N+]([Si](C)(C)C)[Si](C)(C)C)=C(\CC)B1C2CCCC1CCC2. The van der Waals surface area contributed by atoms with Gasteiger partial charge in [-0.2, -0.15) is 0 Å². The van der Waals surface area contributed by atoms with E-state index in [-0.39, 0.29) is 0 Å². The standard InChI is InChI=1S/C20H43B2NSi2/c1-9-19(21-23(24(3,4)5)25(6,7)8)20(10-2)22-17-13-11-14-18(22)16-12-15-17/h17-18,21H,9-16H2,1-8H3/q+1/b20-19-. The molecule has 5 heteroatoms. The van der Waals surface area contributed by atoms with Gasteiger partial charge in [-0.25, -0.2) is 0 Å². The summed E-state index contributed by atoms with van der Waals surface area (Å²) < 4.78 is 3.01. The molecule has 2 aliphatic rings. The Balaban J connectivity index is 2.36. The largest absolute Gasteiger partial charge is 0.426 e. The van der Waals surface area contributed by atoms with E-state index in [1.165, 1.54) is 58.8 Å². The van der Waals surface area contributed by atoms with Gasteiger partial charge in [-0.05, 0) is 57.6 Å². The van der Waals surface area contributed by atoms with Crippen LogP contribution in [0.25, 0.3) is 0 Å². The highest BCUT2D eigenvalue weighted by Gasteiger charge is 2.47. The highest BCUT2D eigenvalue weighted by atomic mass is 28.4. The zero-order valence-corrected chi connectivity index (χ0v) is 20.5. The van der Waals surface area contributed by atoms with Crippen LogP contribution in [0.15, 0.2) is 10.9 Å². The highest BCUT2D eigenvalue weighted by Crippen LogP contribution is 2.49. The molecule has 0 aromatic rings. The molecule has 2 fully saturated rings. The van der Waals surface area contributed by atoms with Gasteiger partial charge in [-0.15, -0.1) is 5.47 Å². The van der Waals surface area contributed by atoms with Crippen molar-refractivity contribution >= 4 is 30.6 Å². The van der Waals surface area contributed by atoms with Gasteiger partial charge in [0.25, 0.3) is 16.5 Å². The number of allylic oxidation sites excluding steroid dienone is 2. The summed E-state index contributed by atoms with van der Waals surface area (Å²) in [6, 6.07) is 0. The van der Waals surface area contributed by atoms with E-state index in [0.717, 1.165) is 18.3 Å². The molecule has 1 radical (unpaired) electrons. The zero-order chi connectivity index (χ0) is 18.8. The Morgan fingerprint density at radius 2 is 1.28 bits per heavy atom. The second-order valence-corrected chi connectivity index (χ2v) is 20.9. The highest BCUT2D eigenvalue weighted by molar-refractivity contribution is 6.99. The Bertz CT molecular complexity index is 443. The number of hydrogen-bond donors (Lipinski definition) is 0. The molecule has 2 heterocycles. The minimum Gasteiger partial charge on any atom is -0.401 e. The zero-order valence-electron chi connectivity index (χ0n) is 18.5. The fourth-order valence-electron chi connectivity index (χ4n) is 6.08. The van der Waals surface area contributed by atoms with Crippen LogP contribution in [0.3, 0.4) is 0 Å². The van der Waals surface area contributed by atoms with Crippen molar-refractivity contribution < 1.29 is 0 Å². The van der Waals surface area contributed by atoms with E-state index in [1.807, 2.05) is 10.9 Å². The fraction of sp³-hybridized carbons (Fsp3) is 0.900. The van der Waals surface area contributed by atoms with Crippen LogP contribution < -0.4 is 4.14 Å². The van der Waals surface area contributed by atoms with Gasteiger partial charge < -0.3 is 4.14 Å². The Labute approximate surface area is 161 Å². The van der Waals surface area contributed by atoms with Crippen LogP contribution in [0, 0.1) is 0 Å². The minimum absolute atomic E-state index is 0.938. The predicted octanol–water partition coefficient (Wildman–Crippen LogP) is 6.36. The van der Waals surface area contributed by atoms with Crippen molar-refractivity contribution in [2.75, 3.05) is 0 Å². The van der Waals surface area contributed by atoms with Gasteiger partial charge in [-0.3, -0.25) is 0 Å². The van der Waals surface area contributed by atoms with Crippen molar-refractivity contribution in [1.29, 1.82) is 0 Å². The first-order chi connectivity index (χ1) is 11.6. The van der Waals surface area contributed by atoms with Crippen molar-refractivity contribution in [1.82, 2.24) is 4.14 Å². The van der Waals surface area contributed by atoms with Crippen molar-refractivity contribution in [3.63, 3.8) is 0 Å². The first-order valence-corrected chi connectivity index (χ1v) is 18.0. The summed E-state index contributed by atoms with van der Waals surface area (Å²) in [5, 5.41) is 0. The van der Waals surface area contributed by atoms with Gasteiger partial charge in [0.2, 0.25) is 0 Å². The lowest BCUT2D eigenvalue weighted by molar-refractivity contribution is 0.445. The normalized spacial score (nSPS) is 25.9. The lowest BCUT2D eigenvalue weighted by Gasteiger charge is -2.43. The molecule has 0 amide bonds. The predicted molar refractivity (Wildman–Crippen MR) is 125 cm³/mol. The van der Waals surface area contributed by atoms with Crippen LogP contribution in [0.4, 0.5) is 0 Å². The molecule has 2 rings (SSSR count).